The summed E-state index contributed by atoms with van der Waals surface area (Å²) in [7, 11) is -1.72. The van der Waals surface area contributed by atoms with E-state index in [4.69, 9.17) is 14.6 Å². The van der Waals surface area contributed by atoms with Crippen LogP contribution in [0.3, 0.4) is 0 Å². The summed E-state index contributed by atoms with van der Waals surface area (Å²) in [6.07, 6.45) is 0.773. The van der Waals surface area contributed by atoms with Gasteiger partial charge in [-0.1, -0.05) is 0 Å². The molecule has 0 spiro atoms. The number of carbonyl (C=O) groups is 1. The van der Waals surface area contributed by atoms with Crippen molar-refractivity contribution in [1.29, 1.82) is 0 Å². The number of nitrogens with one attached hydrogen (secondary N) is 2. The Labute approximate surface area is 237 Å². The van der Waals surface area contributed by atoms with Crippen molar-refractivity contribution >= 4 is 39.1 Å². The molecule has 0 bridgehead atoms. The minimum Gasteiger partial charge on any atom is -0.431 e. The van der Waals surface area contributed by atoms with E-state index in [0.29, 0.717) is 18.5 Å². The van der Waals surface area contributed by atoms with Crippen LogP contribution < -0.4 is 19.7 Å². The SMILES string of the molecule is CN1CNS(=O)(=O)c2ccc(Nc3cc([C@H]4CC[C@@H](OC(=O)Oc5ccc([N+](=O)[O-])cc5)C4)nn3C(C)(C)C)cc21. The molecule has 0 saturated heterocycles. The number of rotatable bonds is 6. The van der Waals surface area contributed by atoms with Crippen LogP contribution in [0.15, 0.2) is 53.4 Å². The first-order chi connectivity index (χ1) is 19.3. The molecule has 1 aliphatic carbocycles. The van der Waals surface area contributed by atoms with Crippen molar-refractivity contribution in [2.45, 2.75) is 62.5 Å². The predicted molar refractivity (Wildman–Crippen MR) is 151 cm³/mol. The van der Waals surface area contributed by atoms with E-state index in [1.54, 1.807) is 12.1 Å². The number of nitro groups is 1. The Morgan fingerprint density at radius 3 is 2.56 bits per heavy atom. The maximum atomic E-state index is 12.4. The smallest absolute Gasteiger partial charge is 0.431 e. The van der Waals surface area contributed by atoms with Crippen molar-refractivity contribution < 1.29 is 27.6 Å². The van der Waals surface area contributed by atoms with Crippen molar-refractivity contribution in [3.05, 3.63) is 64.3 Å². The van der Waals surface area contributed by atoms with Crippen LogP contribution in [0.4, 0.5) is 27.7 Å². The van der Waals surface area contributed by atoms with Crippen LogP contribution in [0, 0.1) is 10.1 Å². The lowest BCUT2D eigenvalue weighted by atomic mass is 10.0. The lowest BCUT2D eigenvalue weighted by Gasteiger charge is -2.28. The summed E-state index contributed by atoms with van der Waals surface area (Å²) in [5, 5.41) is 19.1. The second-order valence-corrected chi connectivity index (χ2v) is 12.9. The number of carbonyl (C=O) groups excluding carboxylic acids is 1. The maximum absolute atomic E-state index is 12.4. The minimum atomic E-state index is -3.55. The van der Waals surface area contributed by atoms with Crippen molar-refractivity contribution in [3.63, 3.8) is 0 Å². The summed E-state index contributed by atoms with van der Waals surface area (Å²) in [6, 6.07) is 12.3. The first kappa shape index (κ1) is 28.4. The summed E-state index contributed by atoms with van der Waals surface area (Å²) in [6.45, 7) is 6.32. The van der Waals surface area contributed by atoms with E-state index in [9.17, 15) is 23.3 Å². The summed E-state index contributed by atoms with van der Waals surface area (Å²) in [5.74, 6) is 0.980. The van der Waals surface area contributed by atoms with Gasteiger partial charge >= 0.3 is 6.16 Å². The zero-order valence-electron chi connectivity index (χ0n) is 23.2. The molecule has 5 rings (SSSR count). The van der Waals surface area contributed by atoms with Crippen molar-refractivity contribution in [2.24, 2.45) is 0 Å². The number of nitrogens with zero attached hydrogens (tertiary/aromatic N) is 4. The van der Waals surface area contributed by atoms with Gasteiger partial charge in [-0.05, 0) is 70.4 Å². The van der Waals surface area contributed by atoms with E-state index in [1.165, 1.54) is 24.3 Å². The summed E-state index contributed by atoms with van der Waals surface area (Å²) >= 11 is 0. The minimum absolute atomic E-state index is 0.0576. The third-order valence-electron chi connectivity index (χ3n) is 7.10. The number of sulfonamides is 1. The molecular formula is C27H32N6O7S. The molecule has 0 unspecified atom stereocenters. The number of fused-ring (bicyclic) bond motifs is 1. The number of hydrogen-bond acceptors (Lipinski definition) is 10. The average molecular weight is 585 g/mol. The Balaban J connectivity index is 1.28. The van der Waals surface area contributed by atoms with E-state index >= 15 is 0 Å². The molecule has 0 radical (unpaired) electrons. The number of nitro benzene ring substituents is 1. The second kappa shape index (κ2) is 10.7. The van der Waals surface area contributed by atoms with Gasteiger partial charge in [-0.15, -0.1) is 0 Å². The molecule has 2 aromatic carbocycles. The highest BCUT2D eigenvalue weighted by atomic mass is 32.2. The van der Waals surface area contributed by atoms with Crippen LogP contribution in [-0.4, -0.2) is 49.1 Å². The average Bonchev–Trinajstić information content (AvgIpc) is 3.54. The zero-order valence-corrected chi connectivity index (χ0v) is 24.0. The molecule has 13 nitrogen and oxygen atoms in total. The normalized spacial score (nSPS) is 19.9. The molecule has 3 aromatic rings. The van der Waals surface area contributed by atoms with Crippen LogP contribution >= 0.6 is 0 Å². The number of aromatic nitrogens is 2. The van der Waals surface area contributed by atoms with Gasteiger partial charge in [0.25, 0.3) is 5.69 Å². The van der Waals surface area contributed by atoms with E-state index in [0.717, 1.165) is 23.6 Å². The Morgan fingerprint density at radius 2 is 1.88 bits per heavy atom. The Bertz CT molecular complexity index is 1580. The monoisotopic (exact) mass is 584 g/mol. The van der Waals surface area contributed by atoms with Crippen LogP contribution in [0.1, 0.15) is 51.6 Å². The number of hydrogen-bond donors (Lipinski definition) is 2. The molecule has 1 aromatic heterocycles. The third kappa shape index (κ3) is 6.12. The van der Waals surface area contributed by atoms with Gasteiger partial charge in [0, 0.05) is 36.9 Å². The van der Waals surface area contributed by atoms with Gasteiger partial charge in [0.05, 0.1) is 28.5 Å². The van der Waals surface area contributed by atoms with E-state index < -0.39 is 21.1 Å². The van der Waals surface area contributed by atoms with Gasteiger partial charge in [0.15, 0.2) is 0 Å². The van der Waals surface area contributed by atoms with Crippen molar-refractivity contribution in [2.75, 3.05) is 23.9 Å². The van der Waals surface area contributed by atoms with E-state index in [2.05, 4.69) is 10.0 Å². The van der Waals surface area contributed by atoms with Gasteiger partial charge in [-0.2, -0.15) is 9.82 Å². The molecule has 0 amide bonds. The molecule has 1 saturated carbocycles. The van der Waals surface area contributed by atoms with E-state index in [-0.39, 0.29) is 40.6 Å². The van der Waals surface area contributed by atoms with Gasteiger partial charge in [-0.3, -0.25) is 10.1 Å². The Morgan fingerprint density at radius 1 is 1.15 bits per heavy atom. The summed E-state index contributed by atoms with van der Waals surface area (Å²) in [5.41, 5.74) is 1.75. The number of ether oxygens (including phenoxy) is 2. The quantitative estimate of drug-likeness (QED) is 0.178. The fourth-order valence-electron chi connectivity index (χ4n) is 5.02. The lowest BCUT2D eigenvalue weighted by molar-refractivity contribution is -0.384. The van der Waals surface area contributed by atoms with Crippen molar-refractivity contribution in [3.8, 4) is 5.75 Å². The summed E-state index contributed by atoms with van der Waals surface area (Å²) < 4.78 is 40.0. The zero-order chi connectivity index (χ0) is 29.5. The van der Waals surface area contributed by atoms with Crippen molar-refractivity contribution in [1.82, 2.24) is 14.5 Å². The van der Waals surface area contributed by atoms with Gasteiger partial charge in [-0.25, -0.2) is 17.9 Å². The van der Waals surface area contributed by atoms with Gasteiger partial charge in [0.1, 0.15) is 22.6 Å². The highest BCUT2D eigenvalue weighted by molar-refractivity contribution is 7.89. The molecule has 2 aliphatic rings. The van der Waals surface area contributed by atoms with Crippen LogP contribution in [0.2, 0.25) is 0 Å². The standard InChI is InChI=1S/C27H32N6O7S/c1-27(2,3)32-25(29-18-6-12-24-23(14-18)31(4)16-28-41(24,37)38)15-22(30-32)17-5-9-21(13-17)40-26(34)39-20-10-7-19(8-11-20)33(35)36/h6-8,10-12,14-15,17,21,28-29H,5,9,13,16H2,1-4H3/t17-,21+/m0/s1. The van der Waals surface area contributed by atoms with Gasteiger partial charge < -0.3 is 19.7 Å². The molecular weight excluding hydrogens is 552 g/mol. The molecule has 218 valence electrons. The van der Waals surface area contributed by atoms with Crippen LogP contribution in [0.25, 0.3) is 0 Å². The molecule has 1 fully saturated rings. The fraction of sp³-hybridized carbons (Fsp3) is 0.407. The summed E-state index contributed by atoms with van der Waals surface area (Å²) in [4.78, 5) is 24.7. The molecule has 2 heterocycles. The van der Waals surface area contributed by atoms with E-state index in [1.807, 2.05) is 49.5 Å². The number of benzene rings is 2. The Kier molecular flexibility index (Phi) is 7.38. The molecule has 2 atom stereocenters. The number of anilines is 3. The highest BCUT2D eigenvalue weighted by Crippen LogP contribution is 2.39. The number of non-ortho nitro benzene ring substituents is 1. The van der Waals surface area contributed by atoms with Crippen LogP contribution in [0.5, 0.6) is 5.75 Å². The van der Waals surface area contributed by atoms with Crippen LogP contribution in [-0.2, 0) is 20.3 Å². The first-order valence-corrected chi connectivity index (χ1v) is 14.6. The molecule has 2 N–H and O–H groups in total. The molecule has 14 heteroatoms. The second-order valence-electron chi connectivity index (χ2n) is 11.2. The lowest BCUT2D eigenvalue weighted by Crippen LogP contribution is -2.40. The molecule has 41 heavy (non-hydrogen) atoms. The fourth-order valence-corrected chi connectivity index (χ4v) is 6.28. The largest absolute Gasteiger partial charge is 0.514 e. The third-order valence-corrected chi connectivity index (χ3v) is 8.54. The molecule has 1 aliphatic heterocycles. The maximum Gasteiger partial charge on any atom is 0.514 e. The topological polar surface area (TPSA) is 158 Å². The Hall–Kier alpha value is -4.17. The predicted octanol–water partition coefficient (Wildman–Crippen LogP) is 4.83. The van der Waals surface area contributed by atoms with Gasteiger partial charge in [0.2, 0.25) is 10.0 Å². The first-order valence-electron chi connectivity index (χ1n) is 13.2. The highest BCUT2D eigenvalue weighted by Gasteiger charge is 2.33.